The molecule has 1 heteroatoms. The molecule has 46 valence electrons. The van der Waals surface area contributed by atoms with Crippen LogP contribution in [0.2, 0.25) is 0 Å². The van der Waals surface area contributed by atoms with E-state index >= 15 is 0 Å². The van der Waals surface area contributed by atoms with Gasteiger partial charge in [-0.25, -0.2) is 0 Å². The highest BCUT2D eigenvalue weighted by Gasteiger charge is 1.74. The molecule has 0 aliphatic heterocycles. The summed E-state index contributed by atoms with van der Waals surface area (Å²) in [5.74, 6) is 0. The van der Waals surface area contributed by atoms with Gasteiger partial charge in [0.1, 0.15) is 0 Å². The topological polar surface area (TPSA) is 0 Å². The second kappa shape index (κ2) is 5.10. The molecular weight excluding hydrogens is 164 g/mol. The first kappa shape index (κ1) is 7.96. The molecule has 0 atom stereocenters. The van der Waals surface area contributed by atoms with Crippen LogP contribution in [0.1, 0.15) is 20.3 Å². The van der Waals surface area contributed by atoms with Gasteiger partial charge < -0.3 is 0 Å². The average molecular weight is 175 g/mol. The fourth-order valence-electron chi connectivity index (χ4n) is 0.327. The Morgan fingerprint density at radius 3 is 2.62 bits per heavy atom. The number of rotatable bonds is 2. The third kappa shape index (κ3) is 4.13. The predicted molar refractivity (Wildman–Crippen MR) is 42.1 cm³/mol. The van der Waals surface area contributed by atoms with Gasteiger partial charge in [-0.3, -0.25) is 0 Å². The SMILES string of the molecule is CC=C(Br)C=CCC. The van der Waals surface area contributed by atoms with Crippen LogP contribution in [-0.2, 0) is 0 Å². The van der Waals surface area contributed by atoms with Crippen molar-refractivity contribution in [2.24, 2.45) is 0 Å². The second-order valence-electron chi connectivity index (χ2n) is 1.48. The summed E-state index contributed by atoms with van der Waals surface area (Å²) in [5, 5.41) is 0. The number of halogens is 1. The van der Waals surface area contributed by atoms with Crippen LogP contribution in [0.4, 0.5) is 0 Å². The van der Waals surface area contributed by atoms with Crippen molar-refractivity contribution in [2.75, 3.05) is 0 Å². The third-order valence-electron chi connectivity index (χ3n) is 0.789. The Labute approximate surface area is 59.4 Å². The van der Waals surface area contributed by atoms with E-state index in [1.807, 2.05) is 13.0 Å². The Morgan fingerprint density at radius 1 is 1.62 bits per heavy atom. The quantitative estimate of drug-likeness (QED) is 0.565. The maximum Gasteiger partial charge on any atom is 0.0129 e. The lowest BCUT2D eigenvalue weighted by Gasteiger charge is -1.81. The molecule has 0 radical (unpaired) electrons. The van der Waals surface area contributed by atoms with E-state index in [2.05, 4.69) is 35.0 Å². The molecule has 0 saturated heterocycles. The van der Waals surface area contributed by atoms with Gasteiger partial charge in [-0.1, -0.05) is 41.1 Å². The zero-order chi connectivity index (χ0) is 6.41. The Morgan fingerprint density at radius 2 is 2.25 bits per heavy atom. The molecule has 0 N–H and O–H groups in total. The minimum atomic E-state index is 1.10. The Hall–Kier alpha value is -0.0400. The number of hydrogen-bond donors (Lipinski definition) is 0. The van der Waals surface area contributed by atoms with E-state index in [0.717, 1.165) is 10.9 Å². The molecule has 0 saturated carbocycles. The molecule has 0 bridgehead atoms. The summed E-state index contributed by atoms with van der Waals surface area (Å²) in [6, 6.07) is 0. The summed E-state index contributed by atoms with van der Waals surface area (Å²) in [4.78, 5) is 0. The molecule has 0 heterocycles. The summed E-state index contributed by atoms with van der Waals surface area (Å²) in [6.07, 6.45) is 7.29. The van der Waals surface area contributed by atoms with Crippen LogP contribution in [0.5, 0.6) is 0 Å². The van der Waals surface area contributed by atoms with Crippen molar-refractivity contribution < 1.29 is 0 Å². The first-order valence-corrected chi connectivity index (χ1v) is 3.59. The summed E-state index contributed by atoms with van der Waals surface area (Å²) < 4.78 is 1.15. The molecule has 0 unspecified atom stereocenters. The fourth-order valence-corrected chi connectivity index (χ4v) is 0.514. The molecule has 0 rings (SSSR count). The van der Waals surface area contributed by atoms with Gasteiger partial charge in [0.25, 0.3) is 0 Å². The smallest absolute Gasteiger partial charge is 0.0129 e. The van der Waals surface area contributed by atoms with Crippen LogP contribution < -0.4 is 0 Å². The molecule has 0 spiro atoms. The van der Waals surface area contributed by atoms with Crippen LogP contribution in [-0.4, -0.2) is 0 Å². The molecule has 0 aromatic heterocycles. The van der Waals surface area contributed by atoms with Crippen molar-refractivity contribution in [3.05, 3.63) is 22.7 Å². The maximum absolute atomic E-state index is 3.35. The summed E-state index contributed by atoms with van der Waals surface area (Å²) in [6.45, 7) is 4.12. The van der Waals surface area contributed by atoms with E-state index in [-0.39, 0.29) is 0 Å². The predicted octanol–water partition coefficient (Wildman–Crippen LogP) is 3.25. The fraction of sp³-hybridized carbons (Fsp3) is 0.429. The van der Waals surface area contributed by atoms with Gasteiger partial charge in [0.05, 0.1) is 0 Å². The van der Waals surface area contributed by atoms with Gasteiger partial charge in [-0.2, -0.15) is 0 Å². The van der Waals surface area contributed by atoms with Crippen LogP contribution in [0, 0.1) is 0 Å². The Bertz CT molecular complexity index is 101. The van der Waals surface area contributed by atoms with Crippen LogP contribution in [0.15, 0.2) is 22.7 Å². The largest absolute Gasteiger partial charge is 0.0837 e. The monoisotopic (exact) mass is 174 g/mol. The van der Waals surface area contributed by atoms with Crippen molar-refractivity contribution in [3.8, 4) is 0 Å². The van der Waals surface area contributed by atoms with Gasteiger partial charge in [0.15, 0.2) is 0 Å². The average Bonchev–Trinajstić information content (AvgIpc) is 1.83. The van der Waals surface area contributed by atoms with Gasteiger partial charge in [0, 0.05) is 4.48 Å². The maximum atomic E-state index is 3.35. The van der Waals surface area contributed by atoms with Gasteiger partial charge in [0.2, 0.25) is 0 Å². The number of hydrogen-bond acceptors (Lipinski definition) is 0. The summed E-state index contributed by atoms with van der Waals surface area (Å²) in [5.41, 5.74) is 0. The molecule has 0 nitrogen and oxygen atoms in total. The molecule has 0 aliphatic rings. The van der Waals surface area contributed by atoms with Crippen molar-refractivity contribution >= 4 is 15.9 Å². The molecule has 8 heavy (non-hydrogen) atoms. The third-order valence-corrected chi connectivity index (χ3v) is 1.51. The van der Waals surface area contributed by atoms with Crippen LogP contribution in [0.3, 0.4) is 0 Å². The van der Waals surface area contributed by atoms with Crippen LogP contribution in [0.25, 0.3) is 0 Å². The standard InChI is InChI=1S/C7H11Br/c1-3-5-6-7(8)4-2/h4-6H,3H2,1-2H3. The van der Waals surface area contributed by atoms with E-state index in [1.165, 1.54) is 0 Å². The first-order valence-electron chi connectivity index (χ1n) is 2.79. The van der Waals surface area contributed by atoms with Gasteiger partial charge in [-0.05, 0) is 13.3 Å². The molecule has 0 aromatic carbocycles. The van der Waals surface area contributed by atoms with Gasteiger partial charge in [-0.15, -0.1) is 0 Å². The second-order valence-corrected chi connectivity index (χ2v) is 2.40. The van der Waals surface area contributed by atoms with Crippen molar-refractivity contribution in [2.45, 2.75) is 20.3 Å². The lowest BCUT2D eigenvalue weighted by molar-refractivity contribution is 1.22. The van der Waals surface area contributed by atoms with E-state index in [4.69, 9.17) is 0 Å². The Balaban J connectivity index is 3.53. The van der Waals surface area contributed by atoms with E-state index in [1.54, 1.807) is 0 Å². The van der Waals surface area contributed by atoms with E-state index in [9.17, 15) is 0 Å². The van der Waals surface area contributed by atoms with E-state index in [0.29, 0.717) is 0 Å². The molecule has 0 aliphatic carbocycles. The lowest BCUT2D eigenvalue weighted by Crippen LogP contribution is -1.57. The highest BCUT2D eigenvalue weighted by Crippen LogP contribution is 2.05. The minimum absolute atomic E-state index is 1.10. The van der Waals surface area contributed by atoms with Crippen LogP contribution >= 0.6 is 15.9 Å². The zero-order valence-corrected chi connectivity index (χ0v) is 6.90. The highest BCUT2D eigenvalue weighted by atomic mass is 79.9. The number of allylic oxidation sites excluding steroid dienone is 4. The first-order chi connectivity index (χ1) is 3.81. The van der Waals surface area contributed by atoms with Crippen molar-refractivity contribution in [1.82, 2.24) is 0 Å². The normalized spacial score (nSPS) is 13.1. The molecule has 0 fully saturated rings. The molecule has 0 aromatic rings. The summed E-state index contributed by atoms with van der Waals surface area (Å²) >= 11 is 3.35. The van der Waals surface area contributed by atoms with Crippen molar-refractivity contribution in [3.63, 3.8) is 0 Å². The van der Waals surface area contributed by atoms with Gasteiger partial charge >= 0.3 is 0 Å². The zero-order valence-electron chi connectivity index (χ0n) is 5.32. The van der Waals surface area contributed by atoms with E-state index < -0.39 is 0 Å². The Kier molecular flexibility index (Phi) is 5.08. The highest BCUT2D eigenvalue weighted by molar-refractivity contribution is 9.11. The van der Waals surface area contributed by atoms with Crippen molar-refractivity contribution in [1.29, 1.82) is 0 Å². The summed E-state index contributed by atoms with van der Waals surface area (Å²) in [7, 11) is 0. The molecule has 0 amide bonds. The lowest BCUT2D eigenvalue weighted by atomic mass is 10.4. The minimum Gasteiger partial charge on any atom is -0.0837 e. The molecular formula is C7H11Br.